The minimum atomic E-state index is -0.690. The van der Waals surface area contributed by atoms with Gasteiger partial charge in [-0.1, -0.05) is 224 Å². The molecular formula is C67H44N2. The van der Waals surface area contributed by atoms with Crippen LogP contribution in [0.15, 0.2) is 236 Å². The van der Waals surface area contributed by atoms with E-state index in [4.69, 9.17) is 9.97 Å². The van der Waals surface area contributed by atoms with Crippen LogP contribution in [-0.4, -0.2) is 9.97 Å². The van der Waals surface area contributed by atoms with Gasteiger partial charge in [-0.25, -0.2) is 9.97 Å². The molecule has 15 rings (SSSR count). The number of aromatic nitrogens is 2. The maximum absolute atomic E-state index is 5.77. The van der Waals surface area contributed by atoms with Crippen LogP contribution < -0.4 is 0 Å². The summed E-state index contributed by atoms with van der Waals surface area (Å²) in [6, 6.07) is 81.5. The van der Waals surface area contributed by atoms with Gasteiger partial charge in [0.2, 0.25) is 0 Å². The first-order valence-corrected chi connectivity index (χ1v) is 24.4. The largest absolute Gasteiger partial charge is 0.231 e. The van der Waals surface area contributed by atoms with Gasteiger partial charge >= 0.3 is 0 Å². The van der Waals surface area contributed by atoms with Crippen molar-refractivity contribution in [3.63, 3.8) is 0 Å². The van der Waals surface area contributed by atoms with E-state index in [1.807, 2.05) is 0 Å². The van der Waals surface area contributed by atoms with Gasteiger partial charge in [-0.3, -0.25) is 0 Å². The van der Waals surface area contributed by atoms with Crippen molar-refractivity contribution in [1.29, 1.82) is 0 Å². The van der Waals surface area contributed by atoms with E-state index in [2.05, 4.69) is 231 Å². The molecule has 1 spiro atoms. The van der Waals surface area contributed by atoms with E-state index in [0.717, 1.165) is 46.7 Å². The minimum Gasteiger partial charge on any atom is -0.231 e. The Hall–Kier alpha value is -8.46. The standard InChI is InChI=1S/C67H44N2/c1-3-19-41(20-4-1)64-63-57-36-35-43(40-60(57)67(65(63)69-66(68-64)42-21-5-2-6-22-42)58-33-17-15-27-51(58)52-28-16-18-34-59(52)67)44-37-45(61-53-29-11-7-23-47(53)48-24-8-12-30-54(48)61)39-46(38-44)62-55-31-13-9-25-49(55)50-26-10-14-32-56(50)62/h1-9,11-25,27-40,61-62H,10,26H2. The Morgan fingerprint density at radius 1 is 0.391 bits per heavy atom. The maximum Gasteiger partial charge on any atom is 0.160 e. The van der Waals surface area contributed by atoms with Gasteiger partial charge in [0.15, 0.2) is 5.82 Å². The molecule has 10 aromatic rings. The number of fused-ring (bicyclic) bond motifs is 15. The molecule has 0 saturated heterocycles. The molecule has 2 nitrogen and oxygen atoms in total. The normalized spacial score (nSPS) is 16.1. The van der Waals surface area contributed by atoms with E-state index in [0.29, 0.717) is 0 Å². The van der Waals surface area contributed by atoms with Gasteiger partial charge in [0.1, 0.15) is 0 Å². The van der Waals surface area contributed by atoms with Gasteiger partial charge < -0.3 is 0 Å². The second kappa shape index (κ2) is 14.8. The molecule has 1 heterocycles. The first kappa shape index (κ1) is 38.6. The summed E-state index contributed by atoms with van der Waals surface area (Å²) >= 11 is 0. The lowest BCUT2D eigenvalue weighted by molar-refractivity contribution is 0.758. The topological polar surface area (TPSA) is 25.8 Å². The highest BCUT2D eigenvalue weighted by Crippen LogP contribution is 2.64. The van der Waals surface area contributed by atoms with Gasteiger partial charge in [-0.15, -0.1) is 0 Å². The zero-order valence-corrected chi connectivity index (χ0v) is 37.9. The van der Waals surface area contributed by atoms with Crippen molar-refractivity contribution in [2.24, 2.45) is 0 Å². The van der Waals surface area contributed by atoms with E-state index in [1.165, 1.54) is 100 Å². The van der Waals surface area contributed by atoms with Crippen molar-refractivity contribution < 1.29 is 0 Å². The van der Waals surface area contributed by atoms with Crippen LogP contribution in [0.2, 0.25) is 0 Å². The average molecular weight is 877 g/mol. The van der Waals surface area contributed by atoms with Crippen molar-refractivity contribution in [2.45, 2.75) is 30.1 Å². The Morgan fingerprint density at radius 3 is 1.61 bits per heavy atom. The first-order chi connectivity index (χ1) is 34.2. The summed E-state index contributed by atoms with van der Waals surface area (Å²) in [5.41, 5.74) is 28.2. The van der Waals surface area contributed by atoms with Gasteiger partial charge in [-0.2, -0.15) is 0 Å². The molecule has 0 bridgehead atoms. The predicted octanol–water partition coefficient (Wildman–Crippen LogP) is 16.2. The molecule has 1 aromatic heterocycles. The quantitative estimate of drug-likeness (QED) is 0.172. The van der Waals surface area contributed by atoms with Crippen LogP contribution in [0.5, 0.6) is 0 Å². The molecule has 2 heteroatoms. The maximum atomic E-state index is 5.77. The number of rotatable bonds is 5. The Bertz CT molecular complexity index is 3760. The fourth-order valence-corrected chi connectivity index (χ4v) is 13.2. The van der Waals surface area contributed by atoms with Crippen LogP contribution in [0.3, 0.4) is 0 Å². The highest BCUT2D eigenvalue weighted by Gasteiger charge is 2.54. The van der Waals surface area contributed by atoms with Crippen LogP contribution in [0, 0.1) is 0 Å². The molecule has 322 valence electrons. The van der Waals surface area contributed by atoms with Crippen LogP contribution in [0.25, 0.3) is 72.7 Å². The summed E-state index contributed by atoms with van der Waals surface area (Å²) in [4.78, 5) is 11.3. The molecule has 69 heavy (non-hydrogen) atoms. The highest BCUT2D eigenvalue weighted by atomic mass is 14.9. The van der Waals surface area contributed by atoms with Gasteiger partial charge in [0.05, 0.1) is 16.8 Å². The summed E-state index contributed by atoms with van der Waals surface area (Å²) < 4.78 is 0. The molecular weight excluding hydrogens is 833 g/mol. The highest BCUT2D eigenvalue weighted by molar-refractivity contribution is 5.99. The Kier molecular flexibility index (Phi) is 8.27. The lowest BCUT2D eigenvalue weighted by Crippen LogP contribution is -2.27. The zero-order valence-electron chi connectivity index (χ0n) is 37.9. The lowest BCUT2D eigenvalue weighted by atomic mass is 9.72. The summed E-state index contributed by atoms with van der Waals surface area (Å²) in [6.07, 6.45) is 6.97. The third kappa shape index (κ3) is 5.43. The van der Waals surface area contributed by atoms with Crippen molar-refractivity contribution in [3.05, 3.63) is 292 Å². The van der Waals surface area contributed by atoms with E-state index >= 15 is 0 Å². The molecule has 5 aliphatic carbocycles. The molecule has 0 N–H and O–H groups in total. The minimum absolute atomic E-state index is 0.0989. The van der Waals surface area contributed by atoms with Crippen molar-refractivity contribution in [2.75, 3.05) is 0 Å². The van der Waals surface area contributed by atoms with Crippen LogP contribution in [0.4, 0.5) is 0 Å². The third-order valence-electron chi connectivity index (χ3n) is 15.9. The molecule has 5 aliphatic rings. The van der Waals surface area contributed by atoms with Crippen LogP contribution in [-0.2, 0) is 5.41 Å². The molecule has 9 aromatic carbocycles. The summed E-state index contributed by atoms with van der Waals surface area (Å²) in [5, 5.41) is 0. The number of nitrogens with zero attached hydrogens (tertiary/aromatic N) is 2. The van der Waals surface area contributed by atoms with Crippen molar-refractivity contribution in [1.82, 2.24) is 9.97 Å². The zero-order chi connectivity index (χ0) is 45.2. The Labute approximate surface area is 402 Å². The number of allylic oxidation sites excluding steroid dienone is 4. The van der Waals surface area contributed by atoms with Gasteiger partial charge in [0.25, 0.3) is 0 Å². The summed E-state index contributed by atoms with van der Waals surface area (Å²) in [7, 11) is 0. The summed E-state index contributed by atoms with van der Waals surface area (Å²) in [6.45, 7) is 0. The predicted molar refractivity (Wildman–Crippen MR) is 281 cm³/mol. The number of benzene rings is 9. The Balaban J connectivity index is 1.02. The average Bonchev–Trinajstić information content (AvgIpc) is 4.13. The van der Waals surface area contributed by atoms with E-state index in [1.54, 1.807) is 0 Å². The second-order valence-electron chi connectivity index (χ2n) is 19.3. The van der Waals surface area contributed by atoms with Crippen molar-refractivity contribution >= 4 is 5.57 Å². The smallest absolute Gasteiger partial charge is 0.160 e. The lowest BCUT2D eigenvalue weighted by Gasteiger charge is -2.30. The second-order valence-corrected chi connectivity index (χ2v) is 19.3. The van der Waals surface area contributed by atoms with Crippen molar-refractivity contribution in [3.8, 4) is 67.2 Å². The van der Waals surface area contributed by atoms with Crippen LogP contribution >= 0.6 is 0 Å². The first-order valence-electron chi connectivity index (χ1n) is 24.4. The molecule has 0 saturated carbocycles. The molecule has 0 aliphatic heterocycles. The van der Waals surface area contributed by atoms with Crippen LogP contribution in [0.1, 0.15) is 80.4 Å². The molecule has 0 fully saturated rings. The van der Waals surface area contributed by atoms with E-state index in [-0.39, 0.29) is 11.8 Å². The van der Waals surface area contributed by atoms with Gasteiger partial charge in [-0.05, 0) is 119 Å². The molecule has 1 atom stereocenters. The Morgan fingerprint density at radius 2 is 0.942 bits per heavy atom. The van der Waals surface area contributed by atoms with Gasteiger partial charge in [0, 0.05) is 28.5 Å². The SMILES string of the molecule is C1=CC2=C(CC1)c1ccccc1C2c1cc(-c2ccc3c(c2)C2(c4ccccc4-c4ccccc42)c2nc(-c4ccccc4)nc(-c4ccccc4)c2-3)cc(C2c3ccccc3-c3ccccc32)c1. The van der Waals surface area contributed by atoms with E-state index in [9.17, 15) is 0 Å². The van der Waals surface area contributed by atoms with E-state index < -0.39 is 5.41 Å². The molecule has 1 unspecified atom stereocenters. The molecule has 0 radical (unpaired) electrons. The number of hydrogen-bond donors (Lipinski definition) is 0. The fraction of sp³-hybridized carbons (Fsp3) is 0.0746. The number of hydrogen-bond acceptors (Lipinski definition) is 2. The summed E-state index contributed by atoms with van der Waals surface area (Å²) in [5.74, 6) is 0.970. The fourth-order valence-electron chi connectivity index (χ4n) is 13.2. The third-order valence-corrected chi connectivity index (χ3v) is 15.9. The monoisotopic (exact) mass is 876 g/mol. The molecule has 0 amide bonds.